The lowest BCUT2D eigenvalue weighted by Gasteiger charge is -2.41. The molecule has 2 aromatic carbocycles. The van der Waals surface area contributed by atoms with E-state index in [9.17, 15) is 9.59 Å². The van der Waals surface area contributed by atoms with E-state index in [1.54, 1.807) is 37.7 Å². The minimum atomic E-state index is -0.724. The lowest BCUT2D eigenvalue weighted by atomic mass is 9.72. The second-order valence-corrected chi connectivity index (χ2v) is 12.6. The molecule has 1 atom stereocenters. The monoisotopic (exact) mass is 648 g/mol. The minimum absolute atomic E-state index is 0.135. The summed E-state index contributed by atoms with van der Waals surface area (Å²) < 4.78 is 7.07. The van der Waals surface area contributed by atoms with E-state index in [1.165, 1.54) is 11.0 Å². The molecule has 4 aromatic rings. The minimum Gasteiger partial charge on any atom is -0.496 e. The largest absolute Gasteiger partial charge is 0.496 e. The Morgan fingerprint density at radius 2 is 1.82 bits per heavy atom. The number of hydrogen-bond donors (Lipinski definition) is 1. The summed E-state index contributed by atoms with van der Waals surface area (Å²) >= 11 is 12.8. The number of nitrogens with two attached hydrogens (primary N) is 1. The Bertz CT molecular complexity index is 1680. The molecule has 45 heavy (non-hydrogen) atoms. The Balaban J connectivity index is 1.23. The molecule has 2 aliphatic rings. The van der Waals surface area contributed by atoms with Crippen LogP contribution in [0.25, 0.3) is 5.69 Å². The maximum atomic E-state index is 14.0. The van der Waals surface area contributed by atoms with E-state index < -0.39 is 5.41 Å². The zero-order valence-electron chi connectivity index (χ0n) is 24.9. The third kappa shape index (κ3) is 5.99. The first kappa shape index (κ1) is 30.9. The molecule has 0 bridgehead atoms. The van der Waals surface area contributed by atoms with Crippen LogP contribution in [0.1, 0.15) is 47.2 Å². The molecule has 13 heteroatoms. The van der Waals surface area contributed by atoms with Crippen molar-refractivity contribution >= 4 is 35.0 Å². The van der Waals surface area contributed by atoms with Crippen molar-refractivity contribution in [3.63, 3.8) is 0 Å². The van der Waals surface area contributed by atoms with Crippen LogP contribution in [-0.4, -0.2) is 86.6 Å². The van der Waals surface area contributed by atoms with E-state index in [0.29, 0.717) is 53.0 Å². The van der Waals surface area contributed by atoms with E-state index in [2.05, 4.69) is 25.4 Å². The average Bonchev–Trinajstić information content (AvgIpc) is 3.77. The summed E-state index contributed by atoms with van der Waals surface area (Å²) in [5.41, 5.74) is 7.88. The van der Waals surface area contributed by atoms with Crippen LogP contribution in [0.2, 0.25) is 10.0 Å². The number of aromatic nitrogens is 5. The molecular formula is C32H34Cl2N8O3. The first-order valence-corrected chi connectivity index (χ1v) is 15.6. The maximum Gasteiger partial charge on any atom is 0.257 e. The Morgan fingerprint density at radius 3 is 2.49 bits per heavy atom. The van der Waals surface area contributed by atoms with Crippen LogP contribution in [0.3, 0.4) is 0 Å². The topological polar surface area (TPSA) is 132 Å². The first-order valence-electron chi connectivity index (χ1n) is 14.8. The molecule has 0 aliphatic carbocycles. The predicted octanol–water partition coefficient (Wildman–Crippen LogP) is 4.07. The molecule has 0 spiro atoms. The number of likely N-dealkylation sites (tertiary alicyclic amines) is 2. The number of rotatable bonds is 9. The van der Waals surface area contributed by atoms with Gasteiger partial charge in [-0.2, -0.15) is 0 Å². The number of tetrazole rings is 1. The summed E-state index contributed by atoms with van der Waals surface area (Å²) in [5.74, 6) is 0.0278. The third-order valence-corrected chi connectivity index (χ3v) is 10.2. The standard InChI is InChI=1S/C32H34Cl2N8O3/c1-45-28-7-5-24(42-21-37-38-39-42)18-25(28)29(43)41-16-9-31(20-41,22-4-6-26(33)27(34)17-22)8-13-40-14-10-32(11-15-40,30(35)44)23-3-2-12-36-19-23/h2-7,12,17-19,21H,8-11,13-16,20H2,1H3,(H2,35,44)/t31-/m1/s1. The molecule has 2 aliphatic heterocycles. The highest BCUT2D eigenvalue weighted by Crippen LogP contribution is 2.42. The Labute approximate surface area is 271 Å². The fraction of sp³-hybridized carbons (Fsp3) is 0.375. The van der Waals surface area contributed by atoms with Gasteiger partial charge in [0.2, 0.25) is 5.91 Å². The fourth-order valence-corrected chi connectivity index (χ4v) is 7.06. The zero-order valence-corrected chi connectivity index (χ0v) is 26.4. The van der Waals surface area contributed by atoms with Gasteiger partial charge in [0.15, 0.2) is 0 Å². The van der Waals surface area contributed by atoms with Gasteiger partial charge in [-0.05, 0) is 103 Å². The smallest absolute Gasteiger partial charge is 0.257 e. The van der Waals surface area contributed by atoms with Crippen molar-refractivity contribution in [3.05, 3.63) is 94.0 Å². The molecule has 6 rings (SSSR count). The van der Waals surface area contributed by atoms with Crippen LogP contribution in [0.15, 0.2) is 67.3 Å². The van der Waals surface area contributed by atoms with Crippen molar-refractivity contribution in [3.8, 4) is 11.4 Å². The van der Waals surface area contributed by atoms with Crippen molar-refractivity contribution in [1.29, 1.82) is 0 Å². The number of carbonyl (C=O) groups excluding carboxylic acids is 2. The highest BCUT2D eigenvalue weighted by Gasteiger charge is 2.45. The van der Waals surface area contributed by atoms with Crippen molar-refractivity contribution in [2.24, 2.45) is 5.73 Å². The molecule has 0 unspecified atom stereocenters. The Morgan fingerprint density at radius 1 is 1.00 bits per heavy atom. The van der Waals surface area contributed by atoms with Gasteiger partial charge in [0, 0.05) is 30.9 Å². The summed E-state index contributed by atoms with van der Waals surface area (Å²) in [6.07, 6.45) is 7.70. The number of halogens is 2. The van der Waals surface area contributed by atoms with Gasteiger partial charge in [0.25, 0.3) is 5.91 Å². The molecule has 234 valence electrons. The van der Waals surface area contributed by atoms with Crippen LogP contribution in [0.5, 0.6) is 5.75 Å². The predicted molar refractivity (Wildman–Crippen MR) is 170 cm³/mol. The number of carbonyl (C=O) groups is 2. The summed E-state index contributed by atoms with van der Waals surface area (Å²) in [7, 11) is 1.55. The highest BCUT2D eigenvalue weighted by molar-refractivity contribution is 6.42. The molecule has 0 radical (unpaired) electrons. The van der Waals surface area contributed by atoms with Crippen LogP contribution < -0.4 is 10.5 Å². The fourth-order valence-electron chi connectivity index (χ4n) is 6.77. The van der Waals surface area contributed by atoms with Crippen molar-refractivity contribution in [1.82, 2.24) is 35.0 Å². The van der Waals surface area contributed by atoms with Gasteiger partial charge in [-0.3, -0.25) is 14.6 Å². The van der Waals surface area contributed by atoms with E-state index in [-0.39, 0.29) is 17.2 Å². The summed E-state index contributed by atoms with van der Waals surface area (Å²) in [6.45, 7) is 3.28. The average molecular weight is 650 g/mol. The number of piperidine rings is 1. The lowest BCUT2D eigenvalue weighted by molar-refractivity contribution is -0.125. The highest BCUT2D eigenvalue weighted by atomic mass is 35.5. The van der Waals surface area contributed by atoms with Crippen molar-refractivity contribution in [2.75, 3.05) is 39.8 Å². The molecule has 2 N–H and O–H groups in total. The van der Waals surface area contributed by atoms with Gasteiger partial charge in [-0.1, -0.05) is 35.3 Å². The normalized spacial score (nSPS) is 19.8. The second kappa shape index (κ2) is 12.7. The summed E-state index contributed by atoms with van der Waals surface area (Å²) in [6, 6.07) is 14.8. The van der Waals surface area contributed by atoms with E-state index >= 15 is 0 Å². The van der Waals surface area contributed by atoms with Crippen LogP contribution in [-0.2, 0) is 15.6 Å². The number of amides is 2. The van der Waals surface area contributed by atoms with Crippen LogP contribution in [0.4, 0.5) is 0 Å². The molecule has 0 saturated carbocycles. The second-order valence-electron chi connectivity index (χ2n) is 11.8. The van der Waals surface area contributed by atoms with Crippen molar-refractivity contribution < 1.29 is 14.3 Å². The molecule has 2 aromatic heterocycles. The summed E-state index contributed by atoms with van der Waals surface area (Å²) in [5, 5.41) is 12.3. The maximum absolute atomic E-state index is 14.0. The number of hydrogen-bond acceptors (Lipinski definition) is 8. The Kier molecular flexibility index (Phi) is 8.76. The van der Waals surface area contributed by atoms with Crippen molar-refractivity contribution in [2.45, 2.75) is 36.5 Å². The van der Waals surface area contributed by atoms with Gasteiger partial charge in [0.1, 0.15) is 12.1 Å². The SMILES string of the molecule is COc1ccc(-n2cnnn2)cc1C(=O)N1CC[C@@](CCN2CCC(C(N)=O)(c3cccnc3)CC2)(c2ccc(Cl)c(Cl)c2)C1. The first-order chi connectivity index (χ1) is 21.7. The zero-order chi connectivity index (χ0) is 31.6. The molecule has 4 heterocycles. The van der Waals surface area contributed by atoms with Gasteiger partial charge in [-0.15, -0.1) is 5.10 Å². The number of pyridine rings is 1. The van der Waals surface area contributed by atoms with Crippen LogP contribution in [0, 0.1) is 0 Å². The molecule has 2 fully saturated rings. The number of nitrogens with zero attached hydrogens (tertiary/aromatic N) is 7. The number of ether oxygens (including phenoxy) is 1. The van der Waals surface area contributed by atoms with E-state index in [1.807, 2.05) is 35.2 Å². The molecule has 2 amide bonds. The van der Waals surface area contributed by atoms with E-state index in [0.717, 1.165) is 43.6 Å². The summed E-state index contributed by atoms with van der Waals surface area (Å²) in [4.78, 5) is 35.2. The lowest BCUT2D eigenvalue weighted by Crippen LogP contribution is -2.50. The van der Waals surface area contributed by atoms with Gasteiger partial charge in [-0.25, -0.2) is 4.68 Å². The third-order valence-electron chi connectivity index (χ3n) is 9.50. The van der Waals surface area contributed by atoms with E-state index in [4.69, 9.17) is 33.7 Å². The Hall–Kier alpha value is -4.06. The van der Waals surface area contributed by atoms with Crippen LogP contribution >= 0.6 is 23.2 Å². The van der Waals surface area contributed by atoms with Gasteiger partial charge in [0.05, 0.1) is 33.8 Å². The molecule has 2 saturated heterocycles. The number of primary amides is 1. The molecular weight excluding hydrogens is 615 g/mol. The number of benzene rings is 2. The quantitative estimate of drug-likeness (QED) is 0.287. The number of methoxy groups -OCH3 is 1. The van der Waals surface area contributed by atoms with Gasteiger partial charge < -0.3 is 20.3 Å². The van der Waals surface area contributed by atoms with Gasteiger partial charge >= 0.3 is 0 Å². The molecule has 11 nitrogen and oxygen atoms in total.